The van der Waals surface area contributed by atoms with Gasteiger partial charge in [-0.15, -0.1) is 0 Å². The molecule has 0 saturated carbocycles. The van der Waals surface area contributed by atoms with Gasteiger partial charge >= 0.3 is 0 Å². The van der Waals surface area contributed by atoms with E-state index in [4.69, 9.17) is 11.6 Å². The van der Waals surface area contributed by atoms with E-state index in [1.54, 1.807) is 12.1 Å². The van der Waals surface area contributed by atoms with E-state index >= 15 is 0 Å². The molecule has 4 nitrogen and oxygen atoms in total. The summed E-state index contributed by atoms with van der Waals surface area (Å²) >= 11 is 5.84. The Bertz CT molecular complexity index is 479. The lowest BCUT2D eigenvalue weighted by Gasteiger charge is -2.20. The first kappa shape index (κ1) is 15.3. The molecule has 0 aromatic heterocycles. The molecular weight excluding hydrogens is 276 g/mol. The Morgan fingerprint density at radius 3 is 2.90 bits per heavy atom. The van der Waals surface area contributed by atoms with Crippen LogP contribution in [0.4, 0.5) is 5.69 Å². The van der Waals surface area contributed by atoms with E-state index in [2.05, 4.69) is 11.8 Å². The van der Waals surface area contributed by atoms with Gasteiger partial charge in [0, 0.05) is 12.6 Å². The van der Waals surface area contributed by atoms with Crippen LogP contribution in [0.15, 0.2) is 18.2 Å². The van der Waals surface area contributed by atoms with Gasteiger partial charge in [-0.2, -0.15) is 0 Å². The molecule has 0 aliphatic carbocycles. The maximum atomic E-state index is 10.9. The van der Waals surface area contributed by atoms with Crippen LogP contribution in [-0.2, 0) is 6.54 Å². The Morgan fingerprint density at radius 1 is 1.40 bits per heavy atom. The molecule has 0 radical (unpaired) electrons. The highest BCUT2D eigenvalue weighted by Crippen LogP contribution is 2.27. The monoisotopic (exact) mass is 296 g/mol. The summed E-state index contributed by atoms with van der Waals surface area (Å²) in [5.74, 6) is 0.833. The molecule has 1 aromatic carbocycles. The topological polar surface area (TPSA) is 46.4 Å². The molecule has 5 heteroatoms. The number of nitro benzene ring substituents is 1. The zero-order chi connectivity index (χ0) is 14.5. The average molecular weight is 297 g/mol. The fourth-order valence-corrected chi connectivity index (χ4v) is 3.03. The molecule has 0 bridgehead atoms. The van der Waals surface area contributed by atoms with E-state index in [0.29, 0.717) is 0 Å². The van der Waals surface area contributed by atoms with Crippen LogP contribution in [0, 0.1) is 16.0 Å². The number of likely N-dealkylation sites (tertiary alicyclic amines) is 1. The van der Waals surface area contributed by atoms with Crippen molar-refractivity contribution in [3.05, 3.63) is 38.9 Å². The van der Waals surface area contributed by atoms with E-state index in [9.17, 15) is 10.1 Å². The molecular formula is C15H21ClN2O2. The lowest BCUT2D eigenvalue weighted by atomic mass is 9.98. The maximum absolute atomic E-state index is 10.9. The first-order chi connectivity index (χ1) is 9.60. The molecule has 0 spiro atoms. The van der Waals surface area contributed by atoms with Gasteiger partial charge in [0.2, 0.25) is 0 Å². The molecule has 1 heterocycles. The standard InChI is InChI=1S/C15H21ClN2O2/c1-2-12-4-3-8-17(9-7-12)11-13-5-6-14(16)15(10-13)18(19)20/h5-6,10,12H,2-4,7-9,11H2,1H3. The van der Waals surface area contributed by atoms with Crippen LogP contribution in [0.5, 0.6) is 0 Å². The SMILES string of the molecule is CCC1CCCN(Cc2ccc(Cl)c([N+](=O)[O-])c2)CC1. The Balaban J connectivity index is 2.02. The fourth-order valence-electron chi connectivity index (χ4n) is 2.85. The predicted molar refractivity (Wildman–Crippen MR) is 81.0 cm³/mol. The van der Waals surface area contributed by atoms with Crippen LogP contribution in [0.25, 0.3) is 0 Å². The normalized spacial score (nSPS) is 20.6. The highest BCUT2D eigenvalue weighted by Gasteiger charge is 2.18. The summed E-state index contributed by atoms with van der Waals surface area (Å²) in [4.78, 5) is 12.9. The second kappa shape index (κ2) is 7.04. The minimum Gasteiger partial charge on any atom is -0.299 e. The average Bonchev–Trinajstić information content (AvgIpc) is 2.66. The van der Waals surface area contributed by atoms with Crippen molar-refractivity contribution < 1.29 is 4.92 Å². The van der Waals surface area contributed by atoms with Crippen molar-refractivity contribution in [3.63, 3.8) is 0 Å². The Hall–Kier alpha value is -1.13. The number of nitro groups is 1. The molecule has 1 aliphatic heterocycles. The number of halogens is 1. The minimum atomic E-state index is -0.415. The number of nitrogens with zero attached hydrogens (tertiary/aromatic N) is 2. The molecule has 1 atom stereocenters. The molecule has 0 N–H and O–H groups in total. The summed E-state index contributed by atoms with van der Waals surface area (Å²) in [6, 6.07) is 5.11. The third-order valence-electron chi connectivity index (χ3n) is 4.13. The van der Waals surface area contributed by atoms with Crippen LogP contribution < -0.4 is 0 Å². The molecule has 0 amide bonds. The van der Waals surface area contributed by atoms with Gasteiger partial charge in [0.05, 0.1) is 4.92 Å². The van der Waals surface area contributed by atoms with Gasteiger partial charge in [-0.3, -0.25) is 15.0 Å². The third kappa shape index (κ3) is 3.93. The highest BCUT2D eigenvalue weighted by molar-refractivity contribution is 6.32. The van der Waals surface area contributed by atoms with Crippen molar-refractivity contribution in [2.24, 2.45) is 5.92 Å². The van der Waals surface area contributed by atoms with Gasteiger partial charge in [-0.25, -0.2) is 0 Å². The zero-order valence-corrected chi connectivity index (χ0v) is 12.6. The summed E-state index contributed by atoms with van der Waals surface area (Å²) in [5.41, 5.74) is 0.974. The summed E-state index contributed by atoms with van der Waals surface area (Å²) in [5, 5.41) is 11.1. The predicted octanol–water partition coefficient (Wildman–Crippen LogP) is 4.26. The van der Waals surface area contributed by atoms with Gasteiger partial charge in [0.25, 0.3) is 5.69 Å². The summed E-state index contributed by atoms with van der Waals surface area (Å²) in [6.45, 7) is 5.18. The van der Waals surface area contributed by atoms with Crippen molar-refractivity contribution in [2.45, 2.75) is 39.2 Å². The van der Waals surface area contributed by atoms with Gasteiger partial charge in [0.1, 0.15) is 5.02 Å². The Labute approximate surface area is 124 Å². The fraction of sp³-hybridized carbons (Fsp3) is 0.600. The first-order valence-electron chi connectivity index (χ1n) is 7.25. The second-order valence-electron chi connectivity index (χ2n) is 5.52. The minimum absolute atomic E-state index is 0.00502. The van der Waals surface area contributed by atoms with Gasteiger partial charge < -0.3 is 0 Å². The Morgan fingerprint density at radius 2 is 2.20 bits per heavy atom. The lowest BCUT2D eigenvalue weighted by molar-refractivity contribution is -0.384. The molecule has 20 heavy (non-hydrogen) atoms. The molecule has 2 rings (SSSR count). The smallest absolute Gasteiger partial charge is 0.288 e. The van der Waals surface area contributed by atoms with Crippen molar-refractivity contribution in [1.82, 2.24) is 4.90 Å². The van der Waals surface area contributed by atoms with Crippen LogP contribution in [0.3, 0.4) is 0 Å². The lowest BCUT2D eigenvalue weighted by Crippen LogP contribution is -2.24. The summed E-state index contributed by atoms with van der Waals surface area (Å²) < 4.78 is 0. The van der Waals surface area contributed by atoms with E-state index in [0.717, 1.165) is 31.1 Å². The molecule has 1 saturated heterocycles. The number of hydrogen-bond acceptors (Lipinski definition) is 3. The maximum Gasteiger partial charge on any atom is 0.288 e. The molecule has 1 aliphatic rings. The largest absolute Gasteiger partial charge is 0.299 e. The first-order valence-corrected chi connectivity index (χ1v) is 7.63. The molecule has 1 aromatic rings. The van der Waals surface area contributed by atoms with Gasteiger partial charge in [0.15, 0.2) is 0 Å². The van der Waals surface area contributed by atoms with Gasteiger partial charge in [-0.05, 0) is 49.9 Å². The highest BCUT2D eigenvalue weighted by atomic mass is 35.5. The van der Waals surface area contributed by atoms with Crippen molar-refractivity contribution in [3.8, 4) is 0 Å². The van der Waals surface area contributed by atoms with E-state index in [1.807, 2.05) is 6.07 Å². The van der Waals surface area contributed by atoms with E-state index in [-0.39, 0.29) is 10.7 Å². The molecule has 1 unspecified atom stereocenters. The summed E-state index contributed by atoms with van der Waals surface area (Å²) in [7, 11) is 0. The van der Waals surface area contributed by atoms with E-state index in [1.165, 1.54) is 25.7 Å². The van der Waals surface area contributed by atoms with Gasteiger partial charge in [-0.1, -0.05) is 31.0 Å². The second-order valence-corrected chi connectivity index (χ2v) is 5.93. The number of hydrogen-bond donors (Lipinski definition) is 0. The van der Waals surface area contributed by atoms with Crippen molar-refractivity contribution in [1.29, 1.82) is 0 Å². The zero-order valence-electron chi connectivity index (χ0n) is 11.8. The quantitative estimate of drug-likeness (QED) is 0.616. The third-order valence-corrected chi connectivity index (χ3v) is 4.45. The molecule has 110 valence electrons. The van der Waals surface area contributed by atoms with Crippen LogP contribution in [0.2, 0.25) is 5.02 Å². The van der Waals surface area contributed by atoms with Crippen LogP contribution >= 0.6 is 11.6 Å². The van der Waals surface area contributed by atoms with Crippen molar-refractivity contribution >= 4 is 17.3 Å². The summed E-state index contributed by atoms with van der Waals surface area (Å²) in [6.07, 6.45) is 4.99. The Kier molecular flexibility index (Phi) is 5.38. The molecule has 1 fully saturated rings. The van der Waals surface area contributed by atoms with Crippen LogP contribution in [-0.4, -0.2) is 22.9 Å². The number of rotatable bonds is 4. The van der Waals surface area contributed by atoms with E-state index < -0.39 is 4.92 Å². The van der Waals surface area contributed by atoms with Crippen molar-refractivity contribution in [2.75, 3.05) is 13.1 Å². The van der Waals surface area contributed by atoms with Crippen LogP contribution in [0.1, 0.15) is 38.2 Å². The number of benzene rings is 1.